The van der Waals surface area contributed by atoms with E-state index < -0.39 is 0 Å². The molecule has 0 aliphatic rings. The zero-order chi connectivity index (χ0) is 8.85. The summed E-state index contributed by atoms with van der Waals surface area (Å²) < 4.78 is 0. The van der Waals surface area contributed by atoms with Crippen molar-refractivity contribution in [3.63, 3.8) is 0 Å². The Hall–Kier alpha value is -0.300. The third-order valence-electron chi connectivity index (χ3n) is 2.38. The Bertz CT molecular complexity index is 118. The Balaban J connectivity index is 0. The summed E-state index contributed by atoms with van der Waals surface area (Å²) in [5.74, 6) is 1.57. The highest BCUT2D eigenvalue weighted by atomic mass is 14.1. The van der Waals surface area contributed by atoms with Gasteiger partial charge in [0.1, 0.15) is 0 Å². The topological polar surface area (TPSA) is 35.0 Å². The molecule has 0 saturated heterocycles. The van der Waals surface area contributed by atoms with Crippen LogP contribution in [-0.2, 0) is 0 Å². The third-order valence-corrected chi connectivity index (χ3v) is 2.38. The van der Waals surface area contributed by atoms with Crippen molar-refractivity contribution < 1.29 is 0 Å². The Morgan fingerprint density at radius 3 is 2.17 bits per heavy atom. The van der Waals surface area contributed by atoms with Crippen LogP contribution >= 0.6 is 0 Å². The fourth-order valence-electron chi connectivity index (χ4n) is 1.42. The molecule has 3 N–H and O–H groups in total. The SMILES string of the molecule is C=C(C)C(C)CC(C)CCC.N. The van der Waals surface area contributed by atoms with Crippen LogP contribution in [-0.4, -0.2) is 0 Å². The Morgan fingerprint density at radius 1 is 1.33 bits per heavy atom. The molecule has 0 saturated carbocycles. The minimum Gasteiger partial charge on any atom is -0.344 e. The first-order chi connectivity index (χ1) is 5.07. The molecule has 12 heavy (non-hydrogen) atoms. The van der Waals surface area contributed by atoms with Gasteiger partial charge in [0.2, 0.25) is 0 Å². The molecule has 0 fully saturated rings. The van der Waals surface area contributed by atoms with Crippen molar-refractivity contribution in [2.24, 2.45) is 11.8 Å². The van der Waals surface area contributed by atoms with E-state index >= 15 is 0 Å². The van der Waals surface area contributed by atoms with E-state index in [-0.39, 0.29) is 6.15 Å². The van der Waals surface area contributed by atoms with Crippen LogP contribution in [0.5, 0.6) is 0 Å². The lowest BCUT2D eigenvalue weighted by atomic mass is 9.90. The summed E-state index contributed by atoms with van der Waals surface area (Å²) in [7, 11) is 0. The zero-order valence-electron chi connectivity index (χ0n) is 9.19. The molecule has 0 rings (SSSR count). The molecule has 0 aliphatic carbocycles. The number of hydrogen-bond donors (Lipinski definition) is 1. The Labute approximate surface area is 77.8 Å². The largest absolute Gasteiger partial charge is 0.344 e. The number of hydrogen-bond acceptors (Lipinski definition) is 1. The van der Waals surface area contributed by atoms with Crippen LogP contribution in [0.25, 0.3) is 0 Å². The lowest BCUT2D eigenvalue weighted by molar-refractivity contribution is 0.424. The molecule has 0 heterocycles. The fraction of sp³-hybridized carbons (Fsp3) is 0.818. The summed E-state index contributed by atoms with van der Waals surface area (Å²) in [4.78, 5) is 0. The molecular formula is C11H25N. The quantitative estimate of drug-likeness (QED) is 0.618. The number of allylic oxidation sites excluding steroid dienone is 1. The highest BCUT2D eigenvalue weighted by Gasteiger charge is 2.07. The van der Waals surface area contributed by atoms with Crippen molar-refractivity contribution in [3.05, 3.63) is 12.2 Å². The number of rotatable bonds is 5. The van der Waals surface area contributed by atoms with E-state index in [1.165, 1.54) is 24.8 Å². The zero-order valence-corrected chi connectivity index (χ0v) is 9.19. The van der Waals surface area contributed by atoms with Gasteiger partial charge in [-0.3, -0.25) is 0 Å². The van der Waals surface area contributed by atoms with Gasteiger partial charge < -0.3 is 6.15 Å². The Morgan fingerprint density at radius 2 is 1.83 bits per heavy atom. The van der Waals surface area contributed by atoms with Crippen LogP contribution in [0.1, 0.15) is 47.0 Å². The summed E-state index contributed by atoms with van der Waals surface area (Å²) in [6.07, 6.45) is 3.98. The monoisotopic (exact) mass is 171 g/mol. The first kappa shape index (κ1) is 14.2. The van der Waals surface area contributed by atoms with Crippen molar-refractivity contribution >= 4 is 0 Å². The van der Waals surface area contributed by atoms with Gasteiger partial charge in [-0.15, -0.1) is 0 Å². The van der Waals surface area contributed by atoms with Crippen LogP contribution < -0.4 is 6.15 Å². The molecule has 2 unspecified atom stereocenters. The minimum absolute atomic E-state index is 0. The Kier molecular flexibility index (Phi) is 8.73. The van der Waals surface area contributed by atoms with E-state index in [1.54, 1.807) is 0 Å². The summed E-state index contributed by atoms with van der Waals surface area (Å²) >= 11 is 0. The van der Waals surface area contributed by atoms with Gasteiger partial charge in [0.05, 0.1) is 0 Å². The van der Waals surface area contributed by atoms with Crippen molar-refractivity contribution in [2.45, 2.75) is 47.0 Å². The van der Waals surface area contributed by atoms with Crippen LogP contribution in [0.4, 0.5) is 0 Å². The van der Waals surface area contributed by atoms with Gasteiger partial charge >= 0.3 is 0 Å². The summed E-state index contributed by atoms with van der Waals surface area (Å²) in [5, 5.41) is 0. The van der Waals surface area contributed by atoms with Crippen molar-refractivity contribution in [1.29, 1.82) is 0 Å². The molecule has 0 bridgehead atoms. The molecule has 0 aromatic rings. The lowest BCUT2D eigenvalue weighted by Crippen LogP contribution is -2.03. The van der Waals surface area contributed by atoms with Crippen molar-refractivity contribution in [3.8, 4) is 0 Å². The van der Waals surface area contributed by atoms with Crippen LogP contribution in [0, 0.1) is 11.8 Å². The van der Waals surface area contributed by atoms with Gasteiger partial charge in [0.25, 0.3) is 0 Å². The fourth-order valence-corrected chi connectivity index (χ4v) is 1.42. The van der Waals surface area contributed by atoms with Crippen LogP contribution in [0.2, 0.25) is 0 Å². The average Bonchev–Trinajstić information content (AvgIpc) is 1.87. The van der Waals surface area contributed by atoms with Gasteiger partial charge in [-0.25, -0.2) is 0 Å². The van der Waals surface area contributed by atoms with E-state index in [0.717, 1.165) is 5.92 Å². The minimum atomic E-state index is 0. The molecular weight excluding hydrogens is 146 g/mol. The predicted molar refractivity (Wildman–Crippen MR) is 57.7 cm³/mol. The van der Waals surface area contributed by atoms with E-state index in [2.05, 4.69) is 34.3 Å². The van der Waals surface area contributed by atoms with Crippen LogP contribution in [0.15, 0.2) is 12.2 Å². The third kappa shape index (κ3) is 6.41. The summed E-state index contributed by atoms with van der Waals surface area (Å²) in [6.45, 7) is 13.0. The molecule has 0 aliphatic heterocycles. The maximum absolute atomic E-state index is 3.97. The van der Waals surface area contributed by atoms with E-state index in [0.29, 0.717) is 5.92 Å². The molecule has 1 heteroatoms. The van der Waals surface area contributed by atoms with Crippen molar-refractivity contribution in [1.82, 2.24) is 6.15 Å². The molecule has 0 spiro atoms. The van der Waals surface area contributed by atoms with E-state index in [9.17, 15) is 0 Å². The summed E-state index contributed by atoms with van der Waals surface area (Å²) in [6, 6.07) is 0. The normalized spacial score (nSPS) is 14.7. The molecule has 0 radical (unpaired) electrons. The van der Waals surface area contributed by atoms with E-state index in [4.69, 9.17) is 0 Å². The first-order valence-corrected chi connectivity index (χ1v) is 4.73. The maximum Gasteiger partial charge on any atom is -0.0235 e. The van der Waals surface area contributed by atoms with Gasteiger partial charge in [0, 0.05) is 0 Å². The molecule has 0 amide bonds. The molecule has 0 aromatic heterocycles. The average molecular weight is 171 g/mol. The second-order valence-corrected chi connectivity index (χ2v) is 3.88. The molecule has 1 nitrogen and oxygen atoms in total. The van der Waals surface area contributed by atoms with Gasteiger partial charge in [-0.05, 0) is 25.2 Å². The predicted octanol–water partition coefficient (Wildman–Crippen LogP) is 4.19. The highest BCUT2D eigenvalue weighted by molar-refractivity contribution is 4.94. The smallest absolute Gasteiger partial charge is 0.0235 e. The van der Waals surface area contributed by atoms with Gasteiger partial charge in [0.15, 0.2) is 0 Å². The second kappa shape index (κ2) is 7.35. The first-order valence-electron chi connectivity index (χ1n) is 4.73. The summed E-state index contributed by atoms with van der Waals surface area (Å²) in [5.41, 5.74) is 1.33. The van der Waals surface area contributed by atoms with Gasteiger partial charge in [-0.2, -0.15) is 0 Å². The maximum atomic E-state index is 3.97. The van der Waals surface area contributed by atoms with E-state index in [1.807, 2.05) is 0 Å². The highest BCUT2D eigenvalue weighted by Crippen LogP contribution is 2.20. The lowest BCUT2D eigenvalue weighted by Gasteiger charge is -2.16. The standard InChI is InChI=1S/C11H22.H3N/c1-6-7-10(4)8-11(5)9(2)3;/h10-11H,2,6-8H2,1,3-5H3;1H3. The second-order valence-electron chi connectivity index (χ2n) is 3.88. The molecule has 0 aromatic carbocycles. The molecule has 74 valence electrons. The van der Waals surface area contributed by atoms with Crippen LogP contribution in [0.3, 0.4) is 0 Å². The van der Waals surface area contributed by atoms with Crippen molar-refractivity contribution in [2.75, 3.05) is 0 Å². The molecule has 2 atom stereocenters. The van der Waals surface area contributed by atoms with Gasteiger partial charge in [-0.1, -0.05) is 45.8 Å².